The fourth-order valence-electron chi connectivity index (χ4n) is 2.23. The summed E-state index contributed by atoms with van der Waals surface area (Å²) in [5.41, 5.74) is 7.72. The molecule has 1 aromatic rings. The lowest BCUT2D eigenvalue weighted by molar-refractivity contribution is 0.220. The summed E-state index contributed by atoms with van der Waals surface area (Å²) in [5.74, 6) is 0.482. The van der Waals surface area contributed by atoms with Gasteiger partial charge in [-0.3, -0.25) is 4.90 Å². The van der Waals surface area contributed by atoms with E-state index >= 15 is 0 Å². The number of rotatable bonds is 6. The summed E-state index contributed by atoms with van der Waals surface area (Å²) in [6.45, 7) is 7.86. The van der Waals surface area contributed by atoms with Crippen LogP contribution in [0.1, 0.15) is 38.3 Å². The molecule has 0 fully saturated rings. The van der Waals surface area contributed by atoms with Gasteiger partial charge in [-0.15, -0.1) is 0 Å². The third-order valence-electron chi connectivity index (χ3n) is 3.37. The number of halogens is 1. The van der Waals surface area contributed by atoms with Crippen LogP contribution in [0.4, 0.5) is 4.39 Å². The van der Waals surface area contributed by atoms with E-state index in [4.69, 9.17) is 5.73 Å². The molecule has 0 aromatic heterocycles. The van der Waals surface area contributed by atoms with Gasteiger partial charge in [0.25, 0.3) is 0 Å². The summed E-state index contributed by atoms with van der Waals surface area (Å²) in [4.78, 5) is 2.26. The molecular weight excluding hydrogens is 227 g/mol. The van der Waals surface area contributed by atoms with Crippen molar-refractivity contribution in [2.45, 2.75) is 46.3 Å². The second-order valence-corrected chi connectivity index (χ2v) is 5.51. The molecule has 2 N–H and O–H groups in total. The molecule has 2 nitrogen and oxygen atoms in total. The van der Waals surface area contributed by atoms with E-state index in [-0.39, 0.29) is 5.82 Å². The van der Waals surface area contributed by atoms with Crippen molar-refractivity contribution in [3.8, 4) is 0 Å². The van der Waals surface area contributed by atoms with Crippen LogP contribution in [0.3, 0.4) is 0 Å². The van der Waals surface area contributed by atoms with E-state index in [0.29, 0.717) is 18.5 Å². The first-order valence-electron chi connectivity index (χ1n) is 6.61. The highest BCUT2D eigenvalue weighted by atomic mass is 19.1. The molecule has 1 unspecified atom stereocenters. The van der Waals surface area contributed by atoms with E-state index in [1.807, 2.05) is 0 Å². The Morgan fingerprint density at radius 1 is 1.22 bits per heavy atom. The van der Waals surface area contributed by atoms with Crippen molar-refractivity contribution >= 4 is 0 Å². The van der Waals surface area contributed by atoms with Crippen LogP contribution in [-0.2, 0) is 13.1 Å². The Morgan fingerprint density at radius 2 is 1.89 bits per heavy atom. The molecule has 0 radical (unpaired) electrons. The Kier molecular flexibility index (Phi) is 5.76. The molecule has 18 heavy (non-hydrogen) atoms. The topological polar surface area (TPSA) is 29.3 Å². The summed E-state index contributed by atoms with van der Waals surface area (Å²) in [7, 11) is 2.08. The molecular formula is C15H25FN2. The Hall–Kier alpha value is -0.930. The summed E-state index contributed by atoms with van der Waals surface area (Å²) in [6, 6.07) is 5.34. The molecule has 0 aliphatic heterocycles. The molecule has 102 valence electrons. The van der Waals surface area contributed by atoms with Crippen LogP contribution in [-0.4, -0.2) is 18.0 Å². The van der Waals surface area contributed by atoms with Crippen LogP contribution in [0.5, 0.6) is 0 Å². The lowest BCUT2D eigenvalue weighted by Crippen LogP contribution is -2.30. The molecule has 0 saturated heterocycles. The number of benzene rings is 1. The maximum atomic E-state index is 13.3. The summed E-state index contributed by atoms with van der Waals surface area (Å²) in [6.07, 6.45) is 1.14. The molecule has 0 spiro atoms. The van der Waals surface area contributed by atoms with Gasteiger partial charge < -0.3 is 5.73 Å². The number of hydrogen-bond donors (Lipinski definition) is 1. The normalized spacial score (nSPS) is 13.3. The Morgan fingerprint density at radius 3 is 2.44 bits per heavy atom. The van der Waals surface area contributed by atoms with Gasteiger partial charge in [-0.25, -0.2) is 4.39 Å². The van der Waals surface area contributed by atoms with Crippen LogP contribution >= 0.6 is 0 Å². The molecule has 0 amide bonds. The maximum absolute atomic E-state index is 13.3. The van der Waals surface area contributed by atoms with E-state index < -0.39 is 0 Å². The average molecular weight is 252 g/mol. The molecule has 0 saturated carbocycles. The fourth-order valence-corrected chi connectivity index (χ4v) is 2.23. The minimum atomic E-state index is -0.188. The van der Waals surface area contributed by atoms with E-state index in [9.17, 15) is 4.39 Å². The lowest BCUT2D eigenvalue weighted by atomic mass is 10.0. The maximum Gasteiger partial charge on any atom is 0.123 e. The molecule has 0 bridgehead atoms. The zero-order chi connectivity index (χ0) is 13.7. The van der Waals surface area contributed by atoms with E-state index in [1.165, 1.54) is 6.07 Å². The van der Waals surface area contributed by atoms with E-state index in [2.05, 4.69) is 32.7 Å². The molecule has 0 aliphatic rings. The van der Waals surface area contributed by atoms with Gasteiger partial charge in [-0.2, -0.15) is 0 Å². The van der Waals surface area contributed by atoms with Gasteiger partial charge in [0, 0.05) is 19.1 Å². The van der Waals surface area contributed by atoms with Crippen molar-refractivity contribution in [3.63, 3.8) is 0 Å². The molecule has 3 heteroatoms. The van der Waals surface area contributed by atoms with Crippen molar-refractivity contribution < 1.29 is 4.39 Å². The monoisotopic (exact) mass is 252 g/mol. The smallest absolute Gasteiger partial charge is 0.123 e. The minimum Gasteiger partial charge on any atom is -0.326 e. The first kappa shape index (κ1) is 15.1. The van der Waals surface area contributed by atoms with Crippen LogP contribution < -0.4 is 5.73 Å². The highest BCUT2D eigenvalue weighted by Gasteiger charge is 2.13. The van der Waals surface area contributed by atoms with Crippen LogP contribution in [0.25, 0.3) is 0 Å². The van der Waals surface area contributed by atoms with Gasteiger partial charge in [0.2, 0.25) is 0 Å². The first-order valence-corrected chi connectivity index (χ1v) is 6.61. The molecule has 0 heterocycles. The summed E-state index contributed by atoms with van der Waals surface area (Å²) in [5, 5.41) is 0. The van der Waals surface area contributed by atoms with Gasteiger partial charge in [0.05, 0.1) is 0 Å². The molecule has 1 aromatic carbocycles. The Labute approximate surface area is 110 Å². The fraction of sp³-hybridized carbons (Fsp3) is 0.600. The quantitative estimate of drug-likeness (QED) is 0.842. The summed E-state index contributed by atoms with van der Waals surface area (Å²) < 4.78 is 13.3. The van der Waals surface area contributed by atoms with Crippen molar-refractivity contribution in [2.75, 3.05) is 7.05 Å². The Bertz CT molecular complexity index is 377. The zero-order valence-corrected chi connectivity index (χ0v) is 11.9. The summed E-state index contributed by atoms with van der Waals surface area (Å²) >= 11 is 0. The predicted octanol–water partition coefficient (Wildman–Crippen LogP) is 3.15. The van der Waals surface area contributed by atoms with E-state index in [1.54, 1.807) is 12.1 Å². The number of nitrogens with zero attached hydrogens (tertiary/aromatic N) is 1. The third-order valence-corrected chi connectivity index (χ3v) is 3.37. The zero-order valence-electron chi connectivity index (χ0n) is 11.9. The van der Waals surface area contributed by atoms with Gasteiger partial charge in [0.15, 0.2) is 0 Å². The predicted molar refractivity (Wildman–Crippen MR) is 74.7 cm³/mol. The largest absolute Gasteiger partial charge is 0.326 e. The molecule has 1 rings (SSSR count). The van der Waals surface area contributed by atoms with Gasteiger partial charge >= 0.3 is 0 Å². The van der Waals surface area contributed by atoms with Crippen molar-refractivity contribution in [1.82, 2.24) is 4.90 Å². The van der Waals surface area contributed by atoms with E-state index in [0.717, 1.165) is 24.1 Å². The van der Waals surface area contributed by atoms with Crippen LogP contribution in [0, 0.1) is 11.7 Å². The Balaban J connectivity index is 2.74. The molecule has 1 atom stereocenters. The van der Waals surface area contributed by atoms with Crippen molar-refractivity contribution in [3.05, 3.63) is 35.1 Å². The van der Waals surface area contributed by atoms with Crippen molar-refractivity contribution in [2.24, 2.45) is 11.7 Å². The molecule has 0 aliphatic carbocycles. The highest BCUT2D eigenvalue weighted by Crippen LogP contribution is 2.16. The van der Waals surface area contributed by atoms with Gasteiger partial charge in [-0.05, 0) is 49.6 Å². The highest BCUT2D eigenvalue weighted by molar-refractivity contribution is 5.27. The minimum absolute atomic E-state index is 0.188. The second-order valence-electron chi connectivity index (χ2n) is 5.51. The van der Waals surface area contributed by atoms with Gasteiger partial charge in [0.1, 0.15) is 5.82 Å². The standard InChI is InChI=1S/C15H25FN2/c1-11(2)7-12(3)18(4)10-14-8-15(16)6-5-13(14)9-17/h5-6,8,11-12H,7,9-10,17H2,1-4H3. The number of nitrogens with two attached hydrogens (primary N) is 1. The second kappa shape index (κ2) is 6.86. The van der Waals surface area contributed by atoms with Gasteiger partial charge in [-0.1, -0.05) is 19.9 Å². The number of hydrogen-bond acceptors (Lipinski definition) is 2. The third kappa shape index (κ3) is 4.39. The lowest BCUT2D eigenvalue weighted by Gasteiger charge is -2.27. The van der Waals surface area contributed by atoms with Crippen LogP contribution in [0.2, 0.25) is 0 Å². The van der Waals surface area contributed by atoms with Crippen molar-refractivity contribution in [1.29, 1.82) is 0 Å². The first-order chi connectivity index (χ1) is 8.43. The van der Waals surface area contributed by atoms with Crippen LogP contribution in [0.15, 0.2) is 18.2 Å². The SMILES string of the molecule is CC(C)CC(C)N(C)Cc1cc(F)ccc1CN. The average Bonchev–Trinajstić information content (AvgIpc) is 2.28.